The molecule has 0 saturated carbocycles. The van der Waals surface area contributed by atoms with E-state index in [-0.39, 0.29) is 17.3 Å². The van der Waals surface area contributed by atoms with Gasteiger partial charge < -0.3 is 14.2 Å². The van der Waals surface area contributed by atoms with Gasteiger partial charge in [0.2, 0.25) is 5.91 Å². The molecule has 0 saturated heterocycles. The fraction of sp³-hybridized carbons (Fsp3) is 0.133. The second kappa shape index (κ2) is 6.44. The first kappa shape index (κ1) is 16.2. The Morgan fingerprint density at radius 1 is 1.42 bits per heavy atom. The average molecular weight is 396 g/mol. The summed E-state index contributed by atoms with van der Waals surface area (Å²) in [6.07, 6.45) is 1.40. The number of carbonyl (C=O) groups is 1. The molecule has 9 heteroatoms. The maximum absolute atomic E-state index is 13.8. The van der Waals surface area contributed by atoms with Gasteiger partial charge in [0.25, 0.3) is 5.89 Å². The topological polar surface area (TPSA) is 90.3 Å². The zero-order chi connectivity index (χ0) is 17.3. The summed E-state index contributed by atoms with van der Waals surface area (Å²) in [6, 6.07) is 6.38. The van der Waals surface area contributed by atoms with Crippen molar-refractivity contribution in [3.63, 3.8) is 0 Å². The standard InChI is InChI=1S/C15H11BrFN3O4/c1-8(13(21)18-11-5-4-9(16)7-10(11)17)20-15(22)24-14(19-20)12-3-2-6-23-12/h2-8H,1H3,(H,18,21). The van der Waals surface area contributed by atoms with Gasteiger partial charge >= 0.3 is 5.76 Å². The lowest BCUT2D eigenvalue weighted by atomic mass is 10.2. The third kappa shape index (κ3) is 3.16. The van der Waals surface area contributed by atoms with Gasteiger partial charge in [-0.15, -0.1) is 5.10 Å². The molecule has 2 aromatic heterocycles. The second-order valence-electron chi connectivity index (χ2n) is 4.88. The predicted molar refractivity (Wildman–Crippen MR) is 85.9 cm³/mol. The van der Waals surface area contributed by atoms with Crippen LogP contribution in [0, 0.1) is 5.82 Å². The number of hydrogen-bond donors (Lipinski definition) is 1. The molecule has 1 amide bonds. The van der Waals surface area contributed by atoms with Crippen molar-refractivity contribution in [1.29, 1.82) is 0 Å². The van der Waals surface area contributed by atoms with Gasteiger partial charge in [0.15, 0.2) is 5.76 Å². The van der Waals surface area contributed by atoms with Crippen LogP contribution in [0.1, 0.15) is 13.0 Å². The molecule has 1 atom stereocenters. The highest BCUT2D eigenvalue weighted by atomic mass is 79.9. The molecule has 0 spiro atoms. The summed E-state index contributed by atoms with van der Waals surface area (Å²) < 4.78 is 25.2. The Balaban J connectivity index is 1.82. The first-order valence-electron chi connectivity index (χ1n) is 6.85. The van der Waals surface area contributed by atoms with Crippen LogP contribution in [0.3, 0.4) is 0 Å². The van der Waals surface area contributed by atoms with E-state index in [1.807, 2.05) is 0 Å². The van der Waals surface area contributed by atoms with Gasteiger partial charge in [0, 0.05) is 4.47 Å². The maximum Gasteiger partial charge on any atom is 0.438 e. The molecule has 7 nitrogen and oxygen atoms in total. The third-order valence-corrected chi connectivity index (χ3v) is 3.73. The molecule has 1 N–H and O–H groups in total. The second-order valence-corrected chi connectivity index (χ2v) is 5.80. The normalized spacial score (nSPS) is 12.1. The van der Waals surface area contributed by atoms with E-state index in [4.69, 9.17) is 8.83 Å². The fourth-order valence-electron chi connectivity index (χ4n) is 1.97. The monoisotopic (exact) mass is 395 g/mol. The molecule has 0 bridgehead atoms. The zero-order valence-electron chi connectivity index (χ0n) is 12.3. The molecule has 24 heavy (non-hydrogen) atoms. The summed E-state index contributed by atoms with van der Waals surface area (Å²) in [7, 11) is 0. The molecule has 124 valence electrons. The van der Waals surface area contributed by atoms with Crippen LogP contribution in [0.5, 0.6) is 0 Å². The van der Waals surface area contributed by atoms with Crippen LogP contribution in [-0.4, -0.2) is 15.7 Å². The quantitative estimate of drug-likeness (QED) is 0.732. The van der Waals surface area contributed by atoms with Crippen LogP contribution in [0.25, 0.3) is 11.7 Å². The largest absolute Gasteiger partial charge is 0.459 e. The highest BCUT2D eigenvalue weighted by Crippen LogP contribution is 2.21. The summed E-state index contributed by atoms with van der Waals surface area (Å²) in [5.74, 6) is -1.82. The third-order valence-electron chi connectivity index (χ3n) is 3.24. The Morgan fingerprint density at radius 3 is 2.88 bits per heavy atom. The van der Waals surface area contributed by atoms with Crippen LogP contribution in [0.4, 0.5) is 10.1 Å². The highest BCUT2D eigenvalue weighted by molar-refractivity contribution is 9.10. The number of halogens is 2. The van der Waals surface area contributed by atoms with E-state index in [0.717, 1.165) is 4.68 Å². The molecular weight excluding hydrogens is 385 g/mol. The van der Waals surface area contributed by atoms with Gasteiger partial charge in [0.05, 0.1) is 12.0 Å². The molecule has 3 aromatic rings. The molecule has 2 heterocycles. The average Bonchev–Trinajstić information content (AvgIpc) is 3.18. The minimum Gasteiger partial charge on any atom is -0.459 e. The zero-order valence-corrected chi connectivity index (χ0v) is 13.9. The van der Waals surface area contributed by atoms with Crippen LogP contribution in [0.15, 0.2) is 54.7 Å². The number of anilines is 1. The summed E-state index contributed by atoms with van der Waals surface area (Å²) in [4.78, 5) is 24.1. The van der Waals surface area contributed by atoms with Crippen LogP contribution in [-0.2, 0) is 4.79 Å². The Bertz CT molecular complexity index is 933. The number of carbonyl (C=O) groups excluding carboxylic acids is 1. The molecule has 3 rings (SSSR count). The number of furan rings is 1. The van der Waals surface area contributed by atoms with Crippen molar-refractivity contribution < 1.29 is 18.0 Å². The molecule has 0 aliphatic heterocycles. The lowest BCUT2D eigenvalue weighted by Crippen LogP contribution is -2.30. The smallest absolute Gasteiger partial charge is 0.438 e. The van der Waals surface area contributed by atoms with E-state index in [9.17, 15) is 14.0 Å². The molecule has 1 aromatic carbocycles. The first-order chi connectivity index (χ1) is 11.5. The Kier molecular flexibility index (Phi) is 4.34. The highest BCUT2D eigenvalue weighted by Gasteiger charge is 2.23. The summed E-state index contributed by atoms with van der Waals surface area (Å²) >= 11 is 3.13. The van der Waals surface area contributed by atoms with Gasteiger partial charge in [-0.1, -0.05) is 15.9 Å². The Hall–Kier alpha value is -2.68. The van der Waals surface area contributed by atoms with Crippen molar-refractivity contribution >= 4 is 27.5 Å². The molecule has 0 aliphatic carbocycles. The molecule has 0 aliphatic rings. The van der Waals surface area contributed by atoms with Crippen molar-refractivity contribution in [2.45, 2.75) is 13.0 Å². The lowest BCUT2D eigenvalue weighted by molar-refractivity contribution is -0.119. The van der Waals surface area contributed by atoms with Gasteiger partial charge in [-0.25, -0.2) is 9.18 Å². The minimum absolute atomic E-state index is 0.00199. The van der Waals surface area contributed by atoms with Crippen molar-refractivity contribution in [2.75, 3.05) is 5.32 Å². The number of amides is 1. The molecule has 0 fully saturated rings. The first-order valence-corrected chi connectivity index (χ1v) is 7.64. The van der Waals surface area contributed by atoms with E-state index >= 15 is 0 Å². The summed E-state index contributed by atoms with van der Waals surface area (Å²) in [6.45, 7) is 1.45. The van der Waals surface area contributed by atoms with E-state index in [0.29, 0.717) is 4.47 Å². The summed E-state index contributed by atoms with van der Waals surface area (Å²) in [5, 5.41) is 6.34. The molecule has 1 unspecified atom stereocenters. The maximum atomic E-state index is 13.8. The van der Waals surface area contributed by atoms with Gasteiger partial charge in [-0.05, 0) is 37.3 Å². The van der Waals surface area contributed by atoms with E-state index in [2.05, 4.69) is 26.3 Å². The van der Waals surface area contributed by atoms with Crippen molar-refractivity contribution in [2.24, 2.45) is 0 Å². The SMILES string of the molecule is CC(C(=O)Nc1ccc(Br)cc1F)n1nc(-c2ccco2)oc1=O. The number of benzene rings is 1. The van der Waals surface area contributed by atoms with E-state index < -0.39 is 23.5 Å². The van der Waals surface area contributed by atoms with Gasteiger partial charge in [0.1, 0.15) is 11.9 Å². The number of nitrogens with zero attached hydrogens (tertiary/aromatic N) is 2. The number of nitrogens with one attached hydrogen (secondary N) is 1. The van der Waals surface area contributed by atoms with E-state index in [1.54, 1.807) is 18.2 Å². The fourth-order valence-corrected chi connectivity index (χ4v) is 2.31. The Morgan fingerprint density at radius 2 is 2.21 bits per heavy atom. The van der Waals surface area contributed by atoms with Crippen molar-refractivity contribution in [3.05, 3.63) is 57.4 Å². The number of hydrogen-bond acceptors (Lipinski definition) is 5. The van der Waals surface area contributed by atoms with Crippen LogP contribution < -0.4 is 11.1 Å². The lowest BCUT2D eigenvalue weighted by Gasteiger charge is -2.11. The van der Waals surface area contributed by atoms with Gasteiger partial charge in [-0.3, -0.25) is 4.79 Å². The number of rotatable bonds is 4. The summed E-state index contributed by atoms with van der Waals surface area (Å²) in [5.41, 5.74) is -0.00199. The van der Waals surface area contributed by atoms with Crippen molar-refractivity contribution in [1.82, 2.24) is 9.78 Å². The molecule has 0 radical (unpaired) electrons. The number of aromatic nitrogens is 2. The molecular formula is C15H11BrFN3O4. The van der Waals surface area contributed by atoms with E-state index in [1.165, 1.54) is 25.3 Å². The predicted octanol–water partition coefficient (Wildman–Crippen LogP) is 3.20. The van der Waals surface area contributed by atoms with Crippen molar-refractivity contribution in [3.8, 4) is 11.7 Å². The minimum atomic E-state index is -1.01. The van der Waals surface area contributed by atoms with Crippen LogP contribution >= 0.6 is 15.9 Å². The van der Waals surface area contributed by atoms with Crippen LogP contribution in [0.2, 0.25) is 0 Å². The Labute approximate surface area is 143 Å². The van der Waals surface area contributed by atoms with Gasteiger partial charge in [-0.2, -0.15) is 4.68 Å².